The van der Waals surface area contributed by atoms with Crippen LogP contribution in [-0.4, -0.2) is 6.61 Å². The molecule has 0 N–H and O–H groups in total. The number of allylic oxidation sites excluding steroid dienone is 2. The number of hydrogen-bond acceptors (Lipinski definition) is 1. The van der Waals surface area contributed by atoms with E-state index in [4.69, 9.17) is 4.74 Å². The molecule has 0 aliphatic heterocycles. The van der Waals surface area contributed by atoms with Gasteiger partial charge in [-0.1, -0.05) is 31.6 Å². The molecule has 0 spiro atoms. The highest BCUT2D eigenvalue weighted by Crippen LogP contribution is 2.03. The Labute approximate surface area is 76.1 Å². The van der Waals surface area contributed by atoms with Crippen LogP contribution in [0.15, 0.2) is 25.0 Å². The van der Waals surface area contributed by atoms with Gasteiger partial charge in [-0.2, -0.15) is 0 Å². The molecule has 70 valence electrons. The first kappa shape index (κ1) is 11.3. The molecule has 0 aliphatic carbocycles. The normalized spacial score (nSPS) is 10.4. The first-order chi connectivity index (χ1) is 5.91. The molecule has 0 radical (unpaired) electrons. The van der Waals surface area contributed by atoms with Gasteiger partial charge < -0.3 is 4.74 Å². The smallest absolute Gasteiger partial charge is 0.0873 e. The van der Waals surface area contributed by atoms with Crippen LogP contribution >= 0.6 is 0 Å². The zero-order valence-corrected chi connectivity index (χ0v) is 8.09. The Morgan fingerprint density at radius 3 is 2.58 bits per heavy atom. The lowest BCUT2D eigenvalue weighted by atomic mass is 10.1. The summed E-state index contributed by atoms with van der Waals surface area (Å²) in [6.45, 7) is 6.38. The van der Waals surface area contributed by atoms with Crippen LogP contribution in [0.4, 0.5) is 0 Å². The van der Waals surface area contributed by atoms with Gasteiger partial charge in [0, 0.05) is 0 Å². The van der Waals surface area contributed by atoms with Crippen molar-refractivity contribution < 1.29 is 4.74 Å². The summed E-state index contributed by atoms with van der Waals surface area (Å²) >= 11 is 0. The monoisotopic (exact) mass is 168 g/mol. The maximum Gasteiger partial charge on any atom is 0.0873 e. The summed E-state index contributed by atoms with van der Waals surface area (Å²) in [5, 5.41) is 0. The van der Waals surface area contributed by atoms with Crippen molar-refractivity contribution in [3.63, 3.8) is 0 Å². The third-order valence-electron chi connectivity index (χ3n) is 1.74. The number of hydrogen-bond donors (Lipinski definition) is 0. The van der Waals surface area contributed by atoms with Gasteiger partial charge in [-0.15, -0.1) is 0 Å². The molecule has 1 heteroatoms. The second-order valence-corrected chi connectivity index (χ2v) is 2.81. The SMILES string of the molecule is C=COCCCCCC/C=C/C. The average Bonchev–Trinajstić information content (AvgIpc) is 2.10. The van der Waals surface area contributed by atoms with E-state index >= 15 is 0 Å². The Bertz CT molecular complexity index is 116. The second-order valence-electron chi connectivity index (χ2n) is 2.81. The van der Waals surface area contributed by atoms with E-state index in [1.54, 1.807) is 0 Å². The van der Waals surface area contributed by atoms with Crippen molar-refractivity contribution in [1.29, 1.82) is 0 Å². The molecule has 0 saturated heterocycles. The average molecular weight is 168 g/mol. The third kappa shape index (κ3) is 9.28. The van der Waals surface area contributed by atoms with Crippen molar-refractivity contribution in [2.45, 2.75) is 39.0 Å². The van der Waals surface area contributed by atoms with Crippen LogP contribution in [0, 0.1) is 0 Å². The highest BCUT2D eigenvalue weighted by atomic mass is 16.5. The first-order valence-corrected chi connectivity index (χ1v) is 4.75. The van der Waals surface area contributed by atoms with Gasteiger partial charge in [-0.3, -0.25) is 0 Å². The highest BCUT2D eigenvalue weighted by molar-refractivity contribution is 4.76. The fourth-order valence-corrected chi connectivity index (χ4v) is 1.05. The van der Waals surface area contributed by atoms with Crippen LogP contribution < -0.4 is 0 Å². The molecule has 0 aliphatic rings. The lowest BCUT2D eigenvalue weighted by molar-refractivity contribution is 0.242. The number of unbranched alkanes of at least 4 members (excludes halogenated alkanes) is 4. The Morgan fingerprint density at radius 1 is 1.17 bits per heavy atom. The van der Waals surface area contributed by atoms with E-state index in [0.29, 0.717) is 0 Å². The predicted molar refractivity (Wildman–Crippen MR) is 54.0 cm³/mol. The zero-order valence-electron chi connectivity index (χ0n) is 8.09. The van der Waals surface area contributed by atoms with E-state index in [1.807, 2.05) is 0 Å². The van der Waals surface area contributed by atoms with E-state index in [9.17, 15) is 0 Å². The van der Waals surface area contributed by atoms with Crippen LogP contribution in [0.5, 0.6) is 0 Å². The lowest BCUT2D eigenvalue weighted by Crippen LogP contribution is -1.86. The fraction of sp³-hybridized carbons (Fsp3) is 0.636. The molecule has 0 aromatic heterocycles. The van der Waals surface area contributed by atoms with E-state index in [-0.39, 0.29) is 0 Å². The minimum absolute atomic E-state index is 0.827. The molecule has 0 aromatic carbocycles. The van der Waals surface area contributed by atoms with Crippen molar-refractivity contribution in [2.75, 3.05) is 6.61 Å². The molecule has 0 fully saturated rings. The predicted octanol–water partition coefficient (Wildman–Crippen LogP) is 3.67. The van der Waals surface area contributed by atoms with Gasteiger partial charge in [0.05, 0.1) is 12.9 Å². The molecule has 0 amide bonds. The Balaban J connectivity index is 2.86. The summed E-state index contributed by atoms with van der Waals surface area (Å²) in [6.07, 6.45) is 12.1. The number of rotatable bonds is 8. The Morgan fingerprint density at radius 2 is 1.92 bits per heavy atom. The maximum absolute atomic E-state index is 5.01. The molecule has 1 nitrogen and oxygen atoms in total. The molecule has 0 saturated carbocycles. The Kier molecular flexibility index (Phi) is 9.66. The van der Waals surface area contributed by atoms with Crippen LogP contribution in [0.2, 0.25) is 0 Å². The topological polar surface area (TPSA) is 9.23 Å². The fourth-order valence-electron chi connectivity index (χ4n) is 1.05. The second kappa shape index (κ2) is 10.3. The molecule has 0 aromatic rings. The van der Waals surface area contributed by atoms with Gasteiger partial charge in [0.1, 0.15) is 0 Å². The molecular formula is C11H20O. The maximum atomic E-state index is 5.01. The summed E-state index contributed by atoms with van der Waals surface area (Å²) in [6, 6.07) is 0. The van der Waals surface area contributed by atoms with Crippen molar-refractivity contribution in [3.05, 3.63) is 25.0 Å². The lowest BCUT2D eigenvalue weighted by Gasteiger charge is -1.99. The first-order valence-electron chi connectivity index (χ1n) is 4.75. The van der Waals surface area contributed by atoms with E-state index in [0.717, 1.165) is 13.0 Å². The van der Waals surface area contributed by atoms with E-state index < -0.39 is 0 Å². The van der Waals surface area contributed by atoms with Crippen molar-refractivity contribution >= 4 is 0 Å². The van der Waals surface area contributed by atoms with E-state index in [1.165, 1.54) is 31.9 Å². The van der Waals surface area contributed by atoms with Crippen LogP contribution in [0.1, 0.15) is 39.0 Å². The van der Waals surface area contributed by atoms with Gasteiger partial charge in [-0.05, 0) is 26.2 Å². The van der Waals surface area contributed by atoms with Gasteiger partial charge in [0.15, 0.2) is 0 Å². The van der Waals surface area contributed by atoms with Gasteiger partial charge in [0.25, 0.3) is 0 Å². The van der Waals surface area contributed by atoms with Crippen molar-refractivity contribution in [2.24, 2.45) is 0 Å². The molecule has 0 unspecified atom stereocenters. The van der Waals surface area contributed by atoms with Crippen molar-refractivity contribution in [1.82, 2.24) is 0 Å². The van der Waals surface area contributed by atoms with Crippen LogP contribution in [0.3, 0.4) is 0 Å². The number of ether oxygens (including phenoxy) is 1. The van der Waals surface area contributed by atoms with Gasteiger partial charge in [0.2, 0.25) is 0 Å². The molecule has 0 rings (SSSR count). The molecule has 12 heavy (non-hydrogen) atoms. The van der Waals surface area contributed by atoms with Gasteiger partial charge >= 0.3 is 0 Å². The largest absolute Gasteiger partial charge is 0.502 e. The zero-order chi connectivity index (χ0) is 9.07. The summed E-state index contributed by atoms with van der Waals surface area (Å²) in [5.41, 5.74) is 0. The van der Waals surface area contributed by atoms with Gasteiger partial charge in [-0.25, -0.2) is 0 Å². The molecular weight excluding hydrogens is 148 g/mol. The highest BCUT2D eigenvalue weighted by Gasteiger charge is 1.87. The summed E-state index contributed by atoms with van der Waals surface area (Å²) < 4.78 is 5.01. The molecule has 0 atom stereocenters. The molecule has 0 heterocycles. The summed E-state index contributed by atoms with van der Waals surface area (Å²) in [4.78, 5) is 0. The van der Waals surface area contributed by atoms with E-state index in [2.05, 4.69) is 25.7 Å². The van der Waals surface area contributed by atoms with Crippen LogP contribution in [-0.2, 0) is 4.74 Å². The van der Waals surface area contributed by atoms with Crippen LogP contribution in [0.25, 0.3) is 0 Å². The summed E-state index contributed by atoms with van der Waals surface area (Å²) in [7, 11) is 0. The minimum Gasteiger partial charge on any atom is -0.502 e. The molecule has 0 bridgehead atoms. The quantitative estimate of drug-likeness (QED) is 0.305. The Hall–Kier alpha value is -0.720. The minimum atomic E-state index is 0.827. The third-order valence-corrected chi connectivity index (χ3v) is 1.74. The summed E-state index contributed by atoms with van der Waals surface area (Å²) in [5.74, 6) is 0. The standard InChI is InChI=1S/C11H20O/c1-3-5-6-7-8-9-10-11-12-4-2/h3-5H,2,6-11H2,1H3/b5-3+. The van der Waals surface area contributed by atoms with Crippen molar-refractivity contribution in [3.8, 4) is 0 Å².